The molecule has 48 heavy (non-hydrogen) atoms. The largest absolute Gasteiger partial charge is 0.497 e. The maximum atomic E-state index is 14.7. The smallest absolute Gasteiger partial charge is 0.264 e. The summed E-state index contributed by atoms with van der Waals surface area (Å²) < 4.78 is 41.4. The second kappa shape index (κ2) is 16.2. The molecule has 1 saturated carbocycles. The second-order valence-electron chi connectivity index (χ2n) is 11.7. The van der Waals surface area contributed by atoms with Gasteiger partial charge in [0.25, 0.3) is 10.0 Å². The highest BCUT2D eigenvalue weighted by Crippen LogP contribution is 2.33. The van der Waals surface area contributed by atoms with Crippen molar-refractivity contribution < 1.29 is 27.5 Å². The van der Waals surface area contributed by atoms with Gasteiger partial charge in [0, 0.05) is 23.5 Å². The number of sulfonamides is 1. The Morgan fingerprint density at radius 2 is 1.48 bits per heavy atom. The van der Waals surface area contributed by atoms with Gasteiger partial charge in [-0.3, -0.25) is 13.9 Å². The first-order chi connectivity index (χ1) is 23.2. The fourth-order valence-electron chi connectivity index (χ4n) is 5.93. The molecule has 5 rings (SSSR count). The Balaban J connectivity index is 1.58. The number of methoxy groups -OCH3 is 2. The van der Waals surface area contributed by atoms with Gasteiger partial charge in [0.15, 0.2) is 0 Å². The number of hydrogen-bond donors (Lipinski definition) is 1. The van der Waals surface area contributed by atoms with E-state index in [1.54, 1.807) is 36.4 Å². The number of amides is 2. The lowest BCUT2D eigenvalue weighted by molar-refractivity contribution is -0.140. The Labute approximate surface area is 291 Å². The molecule has 0 heterocycles. The molecular formula is C37H40BrN3O6S. The van der Waals surface area contributed by atoms with E-state index in [-0.39, 0.29) is 41.2 Å². The number of nitrogens with one attached hydrogen (secondary N) is 1. The molecule has 9 nitrogen and oxygen atoms in total. The third-order valence-corrected chi connectivity index (χ3v) is 10.8. The predicted molar refractivity (Wildman–Crippen MR) is 190 cm³/mol. The molecule has 0 aliphatic heterocycles. The van der Waals surface area contributed by atoms with Crippen LogP contribution in [0.25, 0.3) is 0 Å². The van der Waals surface area contributed by atoms with Crippen molar-refractivity contribution in [3.8, 4) is 11.5 Å². The Hall–Kier alpha value is -4.35. The van der Waals surface area contributed by atoms with Crippen molar-refractivity contribution in [2.75, 3.05) is 25.1 Å². The molecule has 1 N–H and O–H groups in total. The van der Waals surface area contributed by atoms with Crippen LogP contribution in [0, 0.1) is 0 Å². The molecule has 0 aromatic heterocycles. The van der Waals surface area contributed by atoms with Crippen LogP contribution in [-0.4, -0.2) is 58.0 Å². The van der Waals surface area contributed by atoms with Crippen LogP contribution in [0.5, 0.6) is 11.5 Å². The Bertz CT molecular complexity index is 1780. The summed E-state index contributed by atoms with van der Waals surface area (Å²) in [5.74, 6) is -0.0327. The summed E-state index contributed by atoms with van der Waals surface area (Å²) in [6, 6.07) is 28.8. The summed E-state index contributed by atoms with van der Waals surface area (Å²) in [5, 5.41) is 3.20. The van der Waals surface area contributed by atoms with E-state index in [1.165, 1.54) is 31.3 Å². The molecule has 252 valence electrons. The molecule has 1 fully saturated rings. The Kier molecular flexibility index (Phi) is 11.8. The Morgan fingerprint density at radius 1 is 0.833 bits per heavy atom. The van der Waals surface area contributed by atoms with Crippen LogP contribution in [0.4, 0.5) is 5.69 Å². The van der Waals surface area contributed by atoms with Gasteiger partial charge in [-0.15, -0.1) is 0 Å². The molecule has 0 bridgehead atoms. The molecule has 0 radical (unpaired) electrons. The lowest BCUT2D eigenvalue weighted by Crippen LogP contribution is -2.54. The molecule has 11 heteroatoms. The first-order valence-corrected chi connectivity index (χ1v) is 18.1. The summed E-state index contributed by atoms with van der Waals surface area (Å²) >= 11 is 3.47. The summed E-state index contributed by atoms with van der Waals surface area (Å²) in [5.41, 5.74) is 1.87. The normalized spacial score (nSPS) is 13.8. The van der Waals surface area contributed by atoms with Crippen LogP contribution in [-0.2, 0) is 32.6 Å². The zero-order chi connectivity index (χ0) is 34.1. The van der Waals surface area contributed by atoms with Crippen molar-refractivity contribution in [3.63, 3.8) is 0 Å². The number of ether oxygens (including phenoxy) is 2. The number of hydrogen-bond acceptors (Lipinski definition) is 6. The third kappa shape index (κ3) is 8.56. The average molecular weight is 735 g/mol. The van der Waals surface area contributed by atoms with Gasteiger partial charge in [0.1, 0.15) is 24.1 Å². The average Bonchev–Trinajstić information content (AvgIpc) is 3.62. The molecule has 0 saturated heterocycles. The number of carbonyl (C=O) groups excluding carboxylic acids is 2. The first-order valence-electron chi connectivity index (χ1n) is 15.9. The van der Waals surface area contributed by atoms with E-state index in [0.717, 1.165) is 45.6 Å². The van der Waals surface area contributed by atoms with E-state index >= 15 is 0 Å². The maximum Gasteiger partial charge on any atom is 0.264 e. The SMILES string of the molecule is COc1ccc(S(=O)(=O)N(CC(=O)N(Cc2ccc(Br)cc2)C(Cc2ccccc2)C(=O)NC2CCCC2)c2ccccc2OC)cc1. The van der Waals surface area contributed by atoms with Gasteiger partial charge >= 0.3 is 0 Å². The fourth-order valence-corrected chi connectivity index (χ4v) is 7.62. The second-order valence-corrected chi connectivity index (χ2v) is 14.5. The van der Waals surface area contributed by atoms with Gasteiger partial charge in [-0.05, 0) is 72.5 Å². The van der Waals surface area contributed by atoms with Crippen LogP contribution >= 0.6 is 15.9 Å². The molecule has 4 aromatic carbocycles. The van der Waals surface area contributed by atoms with Gasteiger partial charge in [0.05, 0.1) is 24.8 Å². The number of carbonyl (C=O) groups is 2. The summed E-state index contributed by atoms with van der Waals surface area (Å²) in [6.07, 6.45) is 4.08. The monoisotopic (exact) mass is 733 g/mol. The van der Waals surface area contributed by atoms with Crippen molar-refractivity contribution in [1.82, 2.24) is 10.2 Å². The van der Waals surface area contributed by atoms with Gasteiger partial charge in [0.2, 0.25) is 11.8 Å². The fraction of sp³-hybridized carbons (Fsp3) is 0.297. The van der Waals surface area contributed by atoms with E-state index in [2.05, 4.69) is 21.2 Å². The lowest BCUT2D eigenvalue weighted by atomic mass is 10.0. The van der Waals surface area contributed by atoms with Gasteiger partial charge in [-0.25, -0.2) is 8.42 Å². The highest BCUT2D eigenvalue weighted by atomic mass is 79.9. The van der Waals surface area contributed by atoms with Crippen molar-refractivity contribution in [3.05, 3.63) is 119 Å². The molecule has 1 unspecified atom stereocenters. The summed E-state index contributed by atoms with van der Waals surface area (Å²) in [7, 11) is -1.35. The van der Waals surface area contributed by atoms with Gasteiger partial charge < -0.3 is 19.7 Å². The van der Waals surface area contributed by atoms with E-state index in [0.29, 0.717) is 5.75 Å². The number of anilines is 1. The number of nitrogens with zero attached hydrogens (tertiary/aromatic N) is 2. The van der Waals surface area contributed by atoms with Crippen LogP contribution in [0.15, 0.2) is 112 Å². The maximum absolute atomic E-state index is 14.7. The number of rotatable bonds is 14. The van der Waals surface area contributed by atoms with E-state index in [9.17, 15) is 18.0 Å². The van der Waals surface area contributed by atoms with E-state index in [4.69, 9.17) is 9.47 Å². The third-order valence-electron chi connectivity index (χ3n) is 8.52. The van der Waals surface area contributed by atoms with Crippen molar-refractivity contribution in [2.24, 2.45) is 0 Å². The minimum atomic E-state index is -4.30. The summed E-state index contributed by atoms with van der Waals surface area (Å²) in [4.78, 5) is 30.4. The summed E-state index contributed by atoms with van der Waals surface area (Å²) in [6.45, 7) is -0.489. The van der Waals surface area contributed by atoms with Gasteiger partial charge in [-0.1, -0.05) is 83.4 Å². The highest BCUT2D eigenvalue weighted by Gasteiger charge is 2.36. The molecule has 1 aliphatic rings. The molecule has 4 aromatic rings. The number of halogens is 1. The molecule has 1 aliphatic carbocycles. The molecule has 0 spiro atoms. The molecule has 2 amide bonds. The van der Waals surface area contributed by atoms with Crippen molar-refractivity contribution in [1.29, 1.82) is 0 Å². The Morgan fingerprint density at radius 3 is 2.12 bits per heavy atom. The van der Waals surface area contributed by atoms with Crippen molar-refractivity contribution >= 4 is 43.5 Å². The van der Waals surface area contributed by atoms with E-state index < -0.39 is 28.5 Å². The topological polar surface area (TPSA) is 105 Å². The number of benzene rings is 4. The van der Waals surface area contributed by atoms with Crippen LogP contribution in [0.2, 0.25) is 0 Å². The lowest BCUT2D eigenvalue weighted by Gasteiger charge is -2.34. The minimum absolute atomic E-state index is 0.0266. The van der Waals surface area contributed by atoms with Crippen LogP contribution in [0.1, 0.15) is 36.8 Å². The quantitative estimate of drug-likeness (QED) is 0.162. The predicted octanol–water partition coefficient (Wildman–Crippen LogP) is 6.36. The van der Waals surface area contributed by atoms with Gasteiger partial charge in [-0.2, -0.15) is 0 Å². The van der Waals surface area contributed by atoms with Crippen LogP contribution < -0.4 is 19.1 Å². The highest BCUT2D eigenvalue weighted by molar-refractivity contribution is 9.10. The first kappa shape index (κ1) is 35.0. The number of para-hydroxylation sites is 2. The molecule has 1 atom stereocenters. The minimum Gasteiger partial charge on any atom is -0.497 e. The molecular weight excluding hydrogens is 694 g/mol. The zero-order valence-electron chi connectivity index (χ0n) is 27.0. The standard InChI is InChI=1S/C37H40BrN3O6S/c1-46-31-20-22-32(23-21-31)48(44,45)41(33-14-8-9-15-35(33)47-2)26-36(42)40(25-28-16-18-29(38)19-17-28)34(24-27-10-4-3-5-11-27)37(43)39-30-12-6-7-13-30/h3-5,8-11,14-23,30,34H,6-7,12-13,24-26H2,1-2H3,(H,39,43). The van der Waals surface area contributed by atoms with Crippen LogP contribution in [0.3, 0.4) is 0 Å². The van der Waals surface area contributed by atoms with Crippen molar-refractivity contribution in [2.45, 2.75) is 55.6 Å². The van der Waals surface area contributed by atoms with E-state index in [1.807, 2.05) is 54.6 Å². The zero-order valence-corrected chi connectivity index (χ0v) is 29.5.